The molecule has 0 aliphatic carbocycles. The van der Waals surface area contributed by atoms with Gasteiger partial charge in [0.25, 0.3) is 0 Å². The highest BCUT2D eigenvalue weighted by Gasteiger charge is 1.98. The Labute approximate surface area is 85.0 Å². The van der Waals surface area contributed by atoms with Crippen LogP contribution in [-0.4, -0.2) is 37.0 Å². The summed E-state index contributed by atoms with van der Waals surface area (Å²) >= 11 is 0. The topological polar surface area (TPSA) is 49.5 Å². The van der Waals surface area contributed by atoms with Crippen LogP contribution >= 0.6 is 0 Å². The molecule has 0 aliphatic rings. The summed E-state index contributed by atoms with van der Waals surface area (Å²) in [5.74, 6) is 5.54. The number of allylic oxidation sites excluding steroid dienone is 2. The molecule has 0 aromatic carbocycles. The number of aliphatic hydroxyl groups is 1. The van der Waals surface area contributed by atoms with E-state index in [1.54, 1.807) is 12.2 Å². The van der Waals surface area contributed by atoms with Crippen molar-refractivity contribution in [3.05, 3.63) is 37.0 Å². The van der Waals surface area contributed by atoms with Gasteiger partial charge in [-0.3, -0.25) is 10.2 Å². The Morgan fingerprint density at radius 3 is 2.43 bits per heavy atom. The Morgan fingerprint density at radius 2 is 2.07 bits per heavy atom. The number of hydrazine groups is 1. The molecular weight excluding hydrogens is 183 g/mol. The number of hydrogen-bond donors (Lipinski definition) is 2. The largest absolute Gasteiger partial charge is 0.395 e. The Morgan fingerprint density at radius 1 is 1.50 bits per heavy atom. The van der Waals surface area contributed by atoms with Gasteiger partial charge >= 0.3 is 0 Å². The zero-order valence-corrected chi connectivity index (χ0v) is 8.62. The van der Waals surface area contributed by atoms with Gasteiger partial charge in [-0.25, -0.2) is 5.01 Å². The molecule has 4 heteroatoms. The van der Waals surface area contributed by atoms with E-state index in [1.165, 1.54) is 5.01 Å². The van der Waals surface area contributed by atoms with Gasteiger partial charge in [0.15, 0.2) is 0 Å². The summed E-state index contributed by atoms with van der Waals surface area (Å²) in [5.41, 5.74) is 0.987. The quantitative estimate of drug-likeness (QED) is 0.384. The first-order chi connectivity index (χ1) is 6.74. The molecule has 3 N–H and O–H groups in total. The fourth-order valence-corrected chi connectivity index (χ4v) is 0.779. The van der Waals surface area contributed by atoms with Crippen molar-refractivity contribution in [3.63, 3.8) is 0 Å². The standard InChI is InChI=1S/C9H16N2O.CH3F/c1-3-5-9(4-2)8-11(10)6-7-12;1-2/h3-5,12H,1-2,6-8,10H2;1H3/b9-5+;. The molecule has 0 bridgehead atoms. The smallest absolute Gasteiger partial charge is 0.0785 e. The van der Waals surface area contributed by atoms with Crippen LogP contribution < -0.4 is 5.84 Å². The second-order valence-corrected chi connectivity index (χ2v) is 2.38. The minimum absolute atomic E-state index is 0.0645. The maximum atomic E-state index is 9.50. The molecule has 0 heterocycles. The number of rotatable bonds is 6. The van der Waals surface area contributed by atoms with E-state index in [4.69, 9.17) is 10.9 Å². The van der Waals surface area contributed by atoms with E-state index in [-0.39, 0.29) is 6.61 Å². The van der Waals surface area contributed by atoms with Crippen LogP contribution in [0.3, 0.4) is 0 Å². The van der Waals surface area contributed by atoms with Crippen molar-refractivity contribution >= 4 is 0 Å². The lowest BCUT2D eigenvalue weighted by atomic mass is 10.2. The summed E-state index contributed by atoms with van der Waals surface area (Å²) in [5, 5.41) is 10.1. The summed E-state index contributed by atoms with van der Waals surface area (Å²) in [4.78, 5) is 0. The van der Waals surface area contributed by atoms with Crippen molar-refractivity contribution in [3.8, 4) is 0 Å². The van der Waals surface area contributed by atoms with Gasteiger partial charge in [0.05, 0.1) is 13.8 Å². The van der Waals surface area contributed by atoms with Gasteiger partial charge in [0.1, 0.15) is 0 Å². The average Bonchev–Trinajstić information content (AvgIpc) is 2.20. The number of nitrogens with two attached hydrogens (primary N) is 1. The molecule has 0 atom stereocenters. The third kappa shape index (κ3) is 9.12. The fraction of sp³-hybridized carbons (Fsp3) is 0.400. The zero-order chi connectivity index (χ0) is 11.4. The van der Waals surface area contributed by atoms with Crippen LogP contribution in [0.4, 0.5) is 4.39 Å². The molecule has 0 aromatic rings. The maximum Gasteiger partial charge on any atom is 0.0785 e. The van der Waals surface area contributed by atoms with Gasteiger partial charge in [-0.1, -0.05) is 31.4 Å². The summed E-state index contributed by atoms with van der Waals surface area (Å²) < 4.78 is 9.50. The van der Waals surface area contributed by atoms with E-state index in [0.717, 1.165) is 5.57 Å². The van der Waals surface area contributed by atoms with E-state index in [1.807, 2.05) is 6.08 Å². The van der Waals surface area contributed by atoms with Crippen LogP contribution in [0.2, 0.25) is 0 Å². The molecule has 0 unspecified atom stereocenters. The van der Waals surface area contributed by atoms with Crippen molar-refractivity contribution in [1.82, 2.24) is 5.01 Å². The number of hydrogen-bond acceptors (Lipinski definition) is 3. The SMILES string of the molecule is C=C/C=C(\C=C)CN(N)CCO.CF. The van der Waals surface area contributed by atoms with E-state index in [0.29, 0.717) is 20.3 Å². The predicted octanol–water partition coefficient (Wildman–Crippen LogP) is 1.04. The Bertz CT molecular complexity index is 181. The first kappa shape index (κ1) is 15.5. The predicted molar refractivity (Wildman–Crippen MR) is 58.4 cm³/mol. The molecule has 0 fully saturated rings. The number of halogens is 1. The fourth-order valence-electron chi connectivity index (χ4n) is 0.779. The number of aliphatic hydroxyl groups excluding tert-OH is 1. The monoisotopic (exact) mass is 202 g/mol. The van der Waals surface area contributed by atoms with Gasteiger partial charge in [-0.2, -0.15) is 0 Å². The van der Waals surface area contributed by atoms with Gasteiger partial charge in [-0.15, -0.1) is 0 Å². The molecule has 3 nitrogen and oxygen atoms in total. The maximum absolute atomic E-state index is 9.50. The van der Waals surface area contributed by atoms with Crippen LogP contribution in [-0.2, 0) is 0 Å². The van der Waals surface area contributed by atoms with Gasteiger partial charge in [-0.05, 0) is 5.57 Å². The Balaban J connectivity index is 0. The molecule has 0 spiro atoms. The highest BCUT2D eigenvalue weighted by atomic mass is 19.1. The molecule has 0 rings (SSSR count). The number of nitrogens with zero attached hydrogens (tertiary/aromatic N) is 1. The van der Waals surface area contributed by atoms with Crippen molar-refractivity contribution in [2.75, 3.05) is 26.9 Å². The molecule has 0 radical (unpaired) electrons. The molecule has 82 valence electrons. The van der Waals surface area contributed by atoms with Gasteiger partial charge in [0.2, 0.25) is 0 Å². The van der Waals surface area contributed by atoms with Crippen LogP contribution in [0.25, 0.3) is 0 Å². The normalized spacial score (nSPS) is 10.5. The summed E-state index contributed by atoms with van der Waals surface area (Å²) in [6.45, 7) is 8.31. The Hall–Kier alpha value is -0.970. The average molecular weight is 202 g/mol. The zero-order valence-electron chi connectivity index (χ0n) is 8.62. The minimum Gasteiger partial charge on any atom is -0.395 e. The lowest BCUT2D eigenvalue weighted by molar-refractivity contribution is 0.209. The second-order valence-electron chi connectivity index (χ2n) is 2.38. The van der Waals surface area contributed by atoms with Gasteiger partial charge < -0.3 is 5.11 Å². The van der Waals surface area contributed by atoms with E-state index in [2.05, 4.69) is 13.2 Å². The van der Waals surface area contributed by atoms with E-state index < -0.39 is 0 Å². The third-order valence-electron chi connectivity index (χ3n) is 1.37. The molecule has 0 aromatic heterocycles. The number of alkyl halides is 1. The molecule has 0 saturated heterocycles. The highest BCUT2D eigenvalue weighted by Crippen LogP contribution is 1.97. The van der Waals surface area contributed by atoms with E-state index >= 15 is 0 Å². The van der Waals surface area contributed by atoms with Crippen LogP contribution in [0.1, 0.15) is 0 Å². The molecular formula is C10H19FN2O. The molecule has 0 amide bonds. The van der Waals surface area contributed by atoms with Gasteiger partial charge in [0, 0.05) is 13.1 Å². The first-order valence-corrected chi connectivity index (χ1v) is 4.17. The molecule has 0 aliphatic heterocycles. The lowest BCUT2D eigenvalue weighted by Gasteiger charge is -2.14. The summed E-state index contributed by atoms with van der Waals surface area (Å²) in [6.07, 6.45) is 5.24. The summed E-state index contributed by atoms with van der Waals surface area (Å²) in [6, 6.07) is 0. The van der Waals surface area contributed by atoms with E-state index in [9.17, 15) is 4.39 Å². The van der Waals surface area contributed by atoms with Crippen LogP contribution in [0.15, 0.2) is 37.0 Å². The molecule has 14 heavy (non-hydrogen) atoms. The minimum atomic E-state index is 0.0645. The van der Waals surface area contributed by atoms with Crippen LogP contribution in [0, 0.1) is 0 Å². The first-order valence-electron chi connectivity index (χ1n) is 4.17. The van der Waals surface area contributed by atoms with Crippen molar-refractivity contribution in [2.45, 2.75) is 0 Å². The molecule has 0 saturated carbocycles. The lowest BCUT2D eigenvalue weighted by Crippen LogP contribution is -2.35. The van der Waals surface area contributed by atoms with Crippen molar-refractivity contribution < 1.29 is 9.50 Å². The third-order valence-corrected chi connectivity index (χ3v) is 1.37. The van der Waals surface area contributed by atoms with Crippen LogP contribution in [0.5, 0.6) is 0 Å². The van der Waals surface area contributed by atoms with Crippen molar-refractivity contribution in [1.29, 1.82) is 0 Å². The Kier molecular flexibility index (Phi) is 13.3. The summed E-state index contributed by atoms with van der Waals surface area (Å²) in [7, 11) is 0.500. The van der Waals surface area contributed by atoms with Crippen molar-refractivity contribution in [2.24, 2.45) is 5.84 Å². The second kappa shape index (κ2) is 12.0. The highest BCUT2D eigenvalue weighted by molar-refractivity contribution is 5.22.